The lowest BCUT2D eigenvalue weighted by Gasteiger charge is -2.39. The van der Waals surface area contributed by atoms with Gasteiger partial charge in [-0.1, -0.05) is 6.07 Å². The Bertz CT molecular complexity index is 1320. The van der Waals surface area contributed by atoms with Crippen molar-refractivity contribution in [2.24, 2.45) is 5.92 Å². The summed E-state index contributed by atoms with van der Waals surface area (Å²) in [5.41, 5.74) is 2.36. The summed E-state index contributed by atoms with van der Waals surface area (Å²) in [5, 5.41) is 3.83. The number of halogens is 1. The number of amides is 1. The normalized spacial score (nSPS) is 26.5. The van der Waals surface area contributed by atoms with Crippen LogP contribution in [0, 0.1) is 11.7 Å². The molecule has 3 aromatic rings. The third kappa shape index (κ3) is 3.48. The first-order valence-electron chi connectivity index (χ1n) is 12.0. The summed E-state index contributed by atoms with van der Waals surface area (Å²) in [6.07, 6.45) is 5.12. The van der Waals surface area contributed by atoms with Crippen LogP contribution in [-0.2, 0) is 5.41 Å². The largest absolute Gasteiger partial charge is 0.368 e. The highest BCUT2D eigenvalue weighted by Gasteiger charge is 2.62. The summed E-state index contributed by atoms with van der Waals surface area (Å²) >= 11 is 0. The van der Waals surface area contributed by atoms with Crippen LogP contribution < -0.4 is 15.8 Å². The second-order valence-corrected chi connectivity index (χ2v) is 9.90. The monoisotopic (exact) mass is 461 g/mol. The number of carbonyl (C=O) groups is 1. The number of hydrogen-bond acceptors (Lipinski definition) is 5. The smallest absolute Gasteiger partial charge is 0.269 e. The van der Waals surface area contributed by atoms with Gasteiger partial charge in [0.15, 0.2) is 0 Å². The Kier molecular flexibility index (Phi) is 4.95. The number of rotatable bonds is 4. The number of aromatic nitrogens is 2. The topological polar surface area (TPSA) is 81.3 Å². The Morgan fingerprint density at radius 3 is 2.71 bits per heavy atom. The van der Waals surface area contributed by atoms with E-state index in [0.717, 1.165) is 62.2 Å². The van der Waals surface area contributed by atoms with Gasteiger partial charge in [0.2, 0.25) is 0 Å². The molecule has 176 valence electrons. The molecule has 0 bridgehead atoms. The standard InChI is InChI=1S/C26H28FN5O2/c1-28-25(34)22-5-4-19(15-29-22)31-6-8-32(9-7-31)20-11-17-13-26(17,14-20)23-10-16-2-3-18(27)12-21(16)24(33)30-23/h2-5,10,12,15,17,20H,6-9,11,13-14H2,1H3,(H,28,34)(H,30,33)/t17?,20?,26-/m1/s1. The molecule has 7 nitrogen and oxygen atoms in total. The molecule has 1 amide bonds. The average Bonchev–Trinajstić information content (AvgIpc) is 3.44. The lowest BCUT2D eigenvalue weighted by Crippen LogP contribution is -2.50. The van der Waals surface area contributed by atoms with Crippen LogP contribution in [0.3, 0.4) is 0 Å². The van der Waals surface area contributed by atoms with Crippen molar-refractivity contribution in [2.75, 3.05) is 38.1 Å². The highest BCUT2D eigenvalue weighted by atomic mass is 19.1. The molecular weight excluding hydrogens is 433 g/mol. The van der Waals surface area contributed by atoms with Crippen LogP contribution in [0.25, 0.3) is 10.8 Å². The van der Waals surface area contributed by atoms with Gasteiger partial charge in [-0.15, -0.1) is 0 Å². The number of piperazine rings is 1. The highest BCUT2D eigenvalue weighted by molar-refractivity contribution is 5.92. The summed E-state index contributed by atoms with van der Waals surface area (Å²) in [5.74, 6) is 0.0435. The minimum absolute atomic E-state index is 0.0587. The third-order valence-corrected chi connectivity index (χ3v) is 8.14. The number of aromatic amines is 1. The van der Waals surface area contributed by atoms with Gasteiger partial charge in [0, 0.05) is 55.8 Å². The molecule has 1 aliphatic heterocycles. The van der Waals surface area contributed by atoms with Gasteiger partial charge in [0.25, 0.3) is 11.5 Å². The quantitative estimate of drug-likeness (QED) is 0.625. The van der Waals surface area contributed by atoms with E-state index in [1.165, 1.54) is 12.1 Å². The fourth-order valence-electron chi connectivity index (χ4n) is 6.17. The Morgan fingerprint density at radius 1 is 1.15 bits per heavy atom. The predicted molar refractivity (Wildman–Crippen MR) is 129 cm³/mol. The summed E-state index contributed by atoms with van der Waals surface area (Å²) in [7, 11) is 1.60. The van der Waals surface area contributed by atoms with Gasteiger partial charge in [0.1, 0.15) is 11.5 Å². The van der Waals surface area contributed by atoms with Crippen LogP contribution in [0.2, 0.25) is 0 Å². The molecule has 0 radical (unpaired) electrons. The van der Waals surface area contributed by atoms with Crippen molar-refractivity contribution in [1.29, 1.82) is 0 Å². The number of anilines is 1. The Balaban J connectivity index is 1.12. The fraction of sp³-hybridized carbons (Fsp3) is 0.423. The molecule has 3 atom stereocenters. The molecule has 3 heterocycles. The predicted octanol–water partition coefficient (Wildman–Crippen LogP) is 2.66. The van der Waals surface area contributed by atoms with E-state index in [0.29, 0.717) is 23.0 Å². The van der Waals surface area contributed by atoms with Gasteiger partial charge in [0.05, 0.1) is 11.9 Å². The summed E-state index contributed by atoms with van der Waals surface area (Å²) in [4.78, 5) is 36.6. The van der Waals surface area contributed by atoms with Crippen molar-refractivity contribution in [1.82, 2.24) is 20.2 Å². The Labute approximate surface area is 197 Å². The molecule has 6 rings (SSSR count). The van der Waals surface area contributed by atoms with Crippen LogP contribution in [-0.4, -0.2) is 60.0 Å². The molecule has 1 saturated heterocycles. The van der Waals surface area contributed by atoms with Crippen LogP contribution >= 0.6 is 0 Å². The molecule has 34 heavy (non-hydrogen) atoms. The highest BCUT2D eigenvalue weighted by Crippen LogP contribution is 2.64. The average molecular weight is 462 g/mol. The lowest BCUT2D eigenvalue weighted by atomic mass is 9.95. The van der Waals surface area contributed by atoms with Gasteiger partial charge >= 0.3 is 0 Å². The maximum atomic E-state index is 13.6. The first-order valence-corrected chi connectivity index (χ1v) is 12.0. The number of H-pyrrole nitrogens is 1. The van der Waals surface area contributed by atoms with Gasteiger partial charge in [-0.05, 0) is 60.9 Å². The first kappa shape index (κ1) is 21.3. The molecule has 2 aliphatic carbocycles. The molecular formula is C26H28FN5O2. The van der Waals surface area contributed by atoms with E-state index >= 15 is 0 Å². The van der Waals surface area contributed by atoms with Gasteiger partial charge in [-0.25, -0.2) is 9.37 Å². The first-order chi connectivity index (χ1) is 16.5. The molecule has 2 N–H and O–H groups in total. The third-order valence-electron chi connectivity index (χ3n) is 8.14. The number of benzene rings is 1. The number of nitrogens with one attached hydrogen (secondary N) is 2. The van der Waals surface area contributed by atoms with Crippen molar-refractivity contribution in [2.45, 2.75) is 30.7 Å². The number of hydrogen-bond donors (Lipinski definition) is 2. The minimum atomic E-state index is -0.383. The van der Waals surface area contributed by atoms with Crippen molar-refractivity contribution in [3.05, 3.63) is 70.2 Å². The molecule has 0 spiro atoms. The maximum Gasteiger partial charge on any atom is 0.269 e. The SMILES string of the molecule is CNC(=O)c1ccc(N2CCN(C3CC4C[C@@]4(c4cc5ccc(F)cc5c(=O)[nH]4)C3)CC2)cn1. The van der Waals surface area contributed by atoms with E-state index in [1.807, 2.05) is 6.07 Å². The van der Waals surface area contributed by atoms with Crippen LogP contribution in [0.4, 0.5) is 10.1 Å². The van der Waals surface area contributed by atoms with Crippen molar-refractivity contribution < 1.29 is 9.18 Å². The van der Waals surface area contributed by atoms with Crippen molar-refractivity contribution in [3.8, 4) is 0 Å². The zero-order valence-electron chi connectivity index (χ0n) is 19.2. The van der Waals surface area contributed by atoms with E-state index in [9.17, 15) is 14.0 Å². The molecule has 2 unspecified atom stereocenters. The van der Waals surface area contributed by atoms with E-state index in [4.69, 9.17) is 0 Å². The van der Waals surface area contributed by atoms with Gasteiger partial charge in [-0.3, -0.25) is 14.5 Å². The minimum Gasteiger partial charge on any atom is -0.368 e. The number of nitrogens with zero attached hydrogens (tertiary/aromatic N) is 3. The second kappa shape index (κ2) is 7.91. The molecule has 2 aromatic heterocycles. The van der Waals surface area contributed by atoms with Crippen LogP contribution in [0.5, 0.6) is 0 Å². The number of fused-ring (bicyclic) bond motifs is 2. The fourth-order valence-corrected chi connectivity index (χ4v) is 6.17. The Hall–Kier alpha value is -3.26. The summed E-state index contributed by atoms with van der Waals surface area (Å²) in [6.45, 7) is 3.82. The van der Waals surface area contributed by atoms with E-state index in [-0.39, 0.29) is 22.7 Å². The van der Waals surface area contributed by atoms with Crippen molar-refractivity contribution in [3.63, 3.8) is 0 Å². The van der Waals surface area contributed by atoms with E-state index in [1.54, 1.807) is 25.4 Å². The number of carbonyl (C=O) groups excluding carboxylic acids is 1. The molecule has 2 saturated carbocycles. The summed E-state index contributed by atoms with van der Waals surface area (Å²) in [6, 6.07) is 10.8. The number of pyridine rings is 2. The Morgan fingerprint density at radius 2 is 1.97 bits per heavy atom. The molecule has 3 aliphatic rings. The van der Waals surface area contributed by atoms with E-state index in [2.05, 4.69) is 31.2 Å². The van der Waals surface area contributed by atoms with E-state index < -0.39 is 0 Å². The van der Waals surface area contributed by atoms with Crippen LogP contribution in [0.15, 0.2) is 47.4 Å². The van der Waals surface area contributed by atoms with Crippen molar-refractivity contribution >= 4 is 22.4 Å². The lowest BCUT2D eigenvalue weighted by molar-refractivity contribution is 0.0958. The molecule has 1 aromatic carbocycles. The van der Waals surface area contributed by atoms with Gasteiger partial charge < -0.3 is 15.2 Å². The van der Waals surface area contributed by atoms with Crippen LogP contribution in [0.1, 0.15) is 35.4 Å². The maximum absolute atomic E-state index is 13.6. The van der Waals surface area contributed by atoms with Gasteiger partial charge in [-0.2, -0.15) is 0 Å². The summed E-state index contributed by atoms with van der Waals surface area (Å²) < 4.78 is 13.6. The second-order valence-electron chi connectivity index (χ2n) is 9.90. The zero-order valence-corrected chi connectivity index (χ0v) is 19.2. The molecule has 8 heteroatoms. The molecule has 3 fully saturated rings. The zero-order chi connectivity index (χ0) is 23.4.